The normalized spacial score (nSPS) is 11.1. The molecule has 0 aliphatic rings. The Kier molecular flexibility index (Phi) is 1.67. The maximum absolute atomic E-state index is 5.63. The fourth-order valence-corrected chi connectivity index (χ4v) is 1.62. The largest absolute Gasteiger partial charge is 0.368 e. The minimum Gasteiger partial charge on any atom is -0.368 e. The molecule has 0 saturated carbocycles. The zero-order valence-electron chi connectivity index (χ0n) is 8.55. The lowest BCUT2D eigenvalue weighted by molar-refractivity contribution is 0.768. The molecule has 0 radical (unpaired) electrons. The molecule has 3 aromatic heterocycles. The maximum Gasteiger partial charge on any atom is 0.222 e. The summed E-state index contributed by atoms with van der Waals surface area (Å²) in [6.07, 6.45) is 5.28. The van der Waals surface area contributed by atoms with Crippen molar-refractivity contribution >= 4 is 17.0 Å². The number of hydrogen-bond donors (Lipinski definition) is 2. The lowest BCUT2D eigenvalue weighted by Crippen LogP contribution is -1.96. The molecule has 3 aromatic rings. The Hall–Kier alpha value is -2.44. The number of anilines is 1. The standard InChI is InChI=1S/C9H9N7/c1-16-4-5(2-12-16)7-6-3-11-15-8(6)14-9(10)13-7/h2-4H,1H3,(H3,10,11,13,14,15). The fraction of sp³-hybridized carbons (Fsp3) is 0.111. The number of aryl methyl sites for hydroxylation is 1. The molecule has 0 spiro atoms. The van der Waals surface area contributed by atoms with Gasteiger partial charge in [0.1, 0.15) is 0 Å². The zero-order chi connectivity index (χ0) is 11.1. The average molecular weight is 215 g/mol. The molecule has 0 aliphatic heterocycles. The number of rotatable bonds is 1. The van der Waals surface area contributed by atoms with E-state index in [0.29, 0.717) is 5.65 Å². The summed E-state index contributed by atoms with van der Waals surface area (Å²) in [5, 5.41) is 11.6. The Bertz CT molecular complexity index is 651. The smallest absolute Gasteiger partial charge is 0.222 e. The van der Waals surface area contributed by atoms with Crippen molar-refractivity contribution in [2.45, 2.75) is 0 Å². The van der Waals surface area contributed by atoms with E-state index in [9.17, 15) is 0 Å². The third kappa shape index (κ3) is 1.22. The monoisotopic (exact) mass is 215 g/mol. The lowest BCUT2D eigenvalue weighted by Gasteiger charge is -1.99. The quantitative estimate of drug-likeness (QED) is 0.609. The first-order chi connectivity index (χ1) is 7.74. The summed E-state index contributed by atoms with van der Waals surface area (Å²) in [5.41, 5.74) is 7.89. The van der Waals surface area contributed by atoms with Crippen molar-refractivity contribution in [3.8, 4) is 11.3 Å². The Morgan fingerprint density at radius 3 is 2.94 bits per heavy atom. The van der Waals surface area contributed by atoms with E-state index >= 15 is 0 Å². The molecule has 7 nitrogen and oxygen atoms in total. The van der Waals surface area contributed by atoms with Crippen molar-refractivity contribution in [1.29, 1.82) is 0 Å². The lowest BCUT2D eigenvalue weighted by atomic mass is 10.2. The number of nitrogens with zero attached hydrogens (tertiary/aromatic N) is 5. The first kappa shape index (κ1) is 8.84. The number of nitrogens with one attached hydrogen (secondary N) is 1. The van der Waals surface area contributed by atoms with Crippen LogP contribution in [0.3, 0.4) is 0 Å². The van der Waals surface area contributed by atoms with Crippen LogP contribution in [-0.2, 0) is 7.05 Å². The van der Waals surface area contributed by atoms with E-state index in [1.165, 1.54) is 0 Å². The fourth-order valence-electron chi connectivity index (χ4n) is 1.62. The van der Waals surface area contributed by atoms with E-state index in [2.05, 4.69) is 25.3 Å². The van der Waals surface area contributed by atoms with Gasteiger partial charge in [-0.25, -0.2) is 4.98 Å². The zero-order valence-corrected chi connectivity index (χ0v) is 8.55. The molecular weight excluding hydrogens is 206 g/mol. The van der Waals surface area contributed by atoms with Crippen LogP contribution < -0.4 is 5.73 Å². The summed E-state index contributed by atoms with van der Waals surface area (Å²) in [6.45, 7) is 0. The molecule has 0 saturated heterocycles. The highest BCUT2D eigenvalue weighted by molar-refractivity contribution is 5.90. The molecule has 3 heterocycles. The third-order valence-corrected chi connectivity index (χ3v) is 2.31. The van der Waals surface area contributed by atoms with Crippen LogP contribution in [0.15, 0.2) is 18.6 Å². The van der Waals surface area contributed by atoms with E-state index in [1.54, 1.807) is 17.1 Å². The Morgan fingerprint density at radius 1 is 1.31 bits per heavy atom. The predicted molar refractivity (Wildman–Crippen MR) is 58.3 cm³/mol. The van der Waals surface area contributed by atoms with Gasteiger partial charge in [-0.1, -0.05) is 0 Å². The van der Waals surface area contributed by atoms with Gasteiger partial charge in [-0.2, -0.15) is 15.2 Å². The molecule has 0 bridgehead atoms. The topological polar surface area (TPSA) is 98.3 Å². The van der Waals surface area contributed by atoms with Crippen LogP contribution in [0.5, 0.6) is 0 Å². The van der Waals surface area contributed by atoms with Crippen molar-refractivity contribution in [2.24, 2.45) is 7.05 Å². The van der Waals surface area contributed by atoms with Crippen molar-refractivity contribution in [2.75, 3.05) is 5.73 Å². The van der Waals surface area contributed by atoms with Gasteiger partial charge < -0.3 is 5.73 Å². The molecule has 0 aromatic carbocycles. The molecule has 0 aliphatic carbocycles. The van der Waals surface area contributed by atoms with E-state index in [4.69, 9.17) is 5.73 Å². The van der Waals surface area contributed by atoms with Crippen LogP contribution in [-0.4, -0.2) is 29.9 Å². The van der Waals surface area contributed by atoms with E-state index < -0.39 is 0 Å². The molecule has 0 atom stereocenters. The number of aromatic amines is 1. The molecule has 0 amide bonds. The van der Waals surface area contributed by atoms with Gasteiger partial charge in [-0.15, -0.1) is 0 Å². The second kappa shape index (κ2) is 3.02. The van der Waals surface area contributed by atoms with Gasteiger partial charge in [0.05, 0.1) is 23.5 Å². The second-order valence-electron chi connectivity index (χ2n) is 3.47. The van der Waals surface area contributed by atoms with E-state index in [0.717, 1.165) is 16.6 Å². The highest BCUT2D eigenvalue weighted by atomic mass is 15.2. The van der Waals surface area contributed by atoms with Gasteiger partial charge in [0, 0.05) is 18.8 Å². The second-order valence-corrected chi connectivity index (χ2v) is 3.47. The van der Waals surface area contributed by atoms with E-state index in [-0.39, 0.29) is 5.95 Å². The van der Waals surface area contributed by atoms with Gasteiger partial charge in [0.25, 0.3) is 0 Å². The summed E-state index contributed by atoms with van der Waals surface area (Å²) in [5.74, 6) is 0.218. The van der Waals surface area contributed by atoms with Crippen molar-refractivity contribution in [3.05, 3.63) is 18.6 Å². The highest BCUT2D eigenvalue weighted by Gasteiger charge is 2.11. The number of H-pyrrole nitrogens is 1. The number of nitrogen functional groups attached to an aromatic ring is 1. The molecular formula is C9H9N7. The van der Waals surface area contributed by atoms with Crippen LogP contribution in [0.25, 0.3) is 22.3 Å². The molecule has 80 valence electrons. The van der Waals surface area contributed by atoms with Gasteiger partial charge in [0.2, 0.25) is 5.95 Å². The molecule has 3 N–H and O–H groups in total. The molecule has 0 fully saturated rings. The first-order valence-corrected chi connectivity index (χ1v) is 4.69. The minimum atomic E-state index is 0.218. The van der Waals surface area contributed by atoms with Crippen LogP contribution in [0.4, 0.5) is 5.95 Å². The number of aromatic nitrogens is 6. The summed E-state index contributed by atoms with van der Waals surface area (Å²) in [7, 11) is 1.85. The molecule has 0 unspecified atom stereocenters. The van der Waals surface area contributed by atoms with Crippen LogP contribution >= 0.6 is 0 Å². The summed E-state index contributed by atoms with van der Waals surface area (Å²) < 4.78 is 1.71. The minimum absolute atomic E-state index is 0.218. The van der Waals surface area contributed by atoms with Crippen molar-refractivity contribution in [1.82, 2.24) is 29.9 Å². The number of fused-ring (bicyclic) bond motifs is 1. The number of nitrogens with two attached hydrogens (primary N) is 1. The molecule has 16 heavy (non-hydrogen) atoms. The van der Waals surface area contributed by atoms with Crippen molar-refractivity contribution < 1.29 is 0 Å². The van der Waals surface area contributed by atoms with Crippen LogP contribution in [0.2, 0.25) is 0 Å². The van der Waals surface area contributed by atoms with Gasteiger partial charge in [0.15, 0.2) is 5.65 Å². The predicted octanol–water partition coefficient (Wildman–Crippen LogP) is 0.336. The summed E-state index contributed by atoms with van der Waals surface area (Å²) in [6, 6.07) is 0. The first-order valence-electron chi connectivity index (χ1n) is 4.69. The van der Waals surface area contributed by atoms with Crippen molar-refractivity contribution in [3.63, 3.8) is 0 Å². The molecule has 7 heteroatoms. The van der Waals surface area contributed by atoms with E-state index in [1.807, 2.05) is 13.2 Å². The number of hydrogen-bond acceptors (Lipinski definition) is 5. The Labute approximate surface area is 90.3 Å². The van der Waals surface area contributed by atoms with Crippen LogP contribution in [0, 0.1) is 0 Å². The SMILES string of the molecule is Cn1cc(-c2nc(N)nc3[nH]ncc23)cn1. The maximum atomic E-state index is 5.63. The van der Waals surface area contributed by atoms with Gasteiger partial charge in [-0.3, -0.25) is 9.78 Å². The Morgan fingerprint density at radius 2 is 2.19 bits per heavy atom. The summed E-state index contributed by atoms with van der Waals surface area (Å²) in [4.78, 5) is 8.26. The molecule has 3 rings (SSSR count). The highest BCUT2D eigenvalue weighted by Crippen LogP contribution is 2.24. The Balaban J connectivity index is 2.33. The summed E-state index contributed by atoms with van der Waals surface area (Å²) >= 11 is 0. The third-order valence-electron chi connectivity index (χ3n) is 2.31. The van der Waals surface area contributed by atoms with Gasteiger partial charge in [-0.05, 0) is 0 Å². The van der Waals surface area contributed by atoms with Crippen LogP contribution in [0.1, 0.15) is 0 Å². The van der Waals surface area contributed by atoms with Gasteiger partial charge >= 0.3 is 0 Å². The average Bonchev–Trinajstić information content (AvgIpc) is 2.84.